The van der Waals surface area contributed by atoms with Gasteiger partial charge in [0.05, 0.1) is 11.7 Å². The summed E-state index contributed by atoms with van der Waals surface area (Å²) in [5, 5.41) is 3.65. The third-order valence-electron chi connectivity index (χ3n) is 4.36. The molecule has 2 aliphatic heterocycles. The van der Waals surface area contributed by atoms with Crippen LogP contribution in [0.15, 0.2) is 0 Å². The van der Waals surface area contributed by atoms with Gasteiger partial charge in [-0.05, 0) is 66.8 Å². The molecule has 0 aromatic carbocycles. The summed E-state index contributed by atoms with van der Waals surface area (Å²) >= 11 is 0. The fourth-order valence-corrected chi connectivity index (χ4v) is 3.26. The van der Waals surface area contributed by atoms with Gasteiger partial charge in [-0.25, -0.2) is 0 Å². The zero-order valence-corrected chi connectivity index (χ0v) is 13.5. The lowest BCUT2D eigenvalue weighted by Gasteiger charge is -2.31. The summed E-state index contributed by atoms with van der Waals surface area (Å²) in [6.07, 6.45) is 5.55. The lowest BCUT2D eigenvalue weighted by Crippen LogP contribution is -2.47. The monoisotopic (exact) mass is 268 g/mol. The fourth-order valence-electron chi connectivity index (χ4n) is 3.26. The minimum absolute atomic E-state index is 0.101. The molecule has 1 N–H and O–H groups in total. The molecule has 0 aromatic rings. The van der Waals surface area contributed by atoms with Crippen LogP contribution in [0.2, 0.25) is 0 Å². The number of hydrogen-bond acceptors (Lipinski definition) is 3. The van der Waals surface area contributed by atoms with E-state index in [-0.39, 0.29) is 11.1 Å². The maximum Gasteiger partial charge on any atom is 0.0710 e. The minimum atomic E-state index is 0.101. The third-order valence-corrected chi connectivity index (χ3v) is 4.36. The van der Waals surface area contributed by atoms with Gasteiger partial charge < -0.3 is 10.1 Å². The molecule has 0 saturated carbocycles. The molecule has 19 heavy (non-hydrogen) atoms. The summed E-state index contributed by atoms with van der Waals surface area (Å²) in [5.41, 5.74) is 0.323. The zero-order valence-electron chi connectivity index (χ0n) is 13.5. The fraction of sp³-hybridized carbons (Fsp3) is 1.00. The van der Waals surface area contributed by atoms with E-state index in [2.05, 4.69) is 44.8 Å². The van der Waals surface area contributed by atoms with Crippen LogP contribution in [-0.2, 0) is 4.74 Å². The van der Waals surface area contributed by atoms with E-state index in [4.69, 9.17) is 4.74 Å². The maximum atomic E-state index is 6.14. The summed E-state index contributed by atoms with van der Waals surface area (Å²) in [4.78, 5) is 2.64. The van der Waals surface area contributed by atoms with Crippen LogP contribution in [0, 0.1) is 0 Å². The molecule has 2 heterocycles. The van der Waals surface area contributed by atoms with Crippen molar-refractivity contribution in [1.82, 2.24) is 10.2 Å². The first-order chi connectivity index (χ1) is 8.75. The normalized spacial score (nSPS) is 32.1. The molecule has 0 aliphatic carbocycles. The Morgan fingerprint density at radius 2 is 2.00 bits per heavy atom. The average molecular weight is 268 g/mol. The van der Waals surface area contributed by atoms with Crippen molar-refractivity contribution in [3.63, 3.8) is 0 Å². The quantitative estimate of drug-likeness (QED) is 0.848. The van der Waals surface area contributed by atoms with Gasteiger partial charge >= 0.3 is 0 Å². The number of hydrogen-bond donors (Lipinski definition) is 1. The third kappa shape index (κ3) is 4.73. The van der Waals surface area contributed by atoms with E-state index in [1.807, 2.05) is 0 Å². The van der Waals surface area contributed by atoms with Crippen LogP contribution in [0.5, 0.6) is 0 Å². The number of nitrogens with zero attached hydrogens (tertiary/aromatic N) is 1. The molecule has 3 nitrogen and oxygen atoms in total. The van der Waals surface area contributed by atoms with Gasteiger partial charge in [0.25, 0.3) is 0 Å². The van der Waals surface area contributed by atoms with Crippen molar-refractivity contribution in [2.75, 3.05) is 19.6 Å². The van der Waals surface area contributed by atoms with E-state index in [0.29, 0.717) is 12.1 Å². The van der Waals surface area contributed by atoms with E-state index in [1.54, 1.807) is 0 Å². The molecular formula is C16H32N2O. The molecule has 0 amide bonds. The van der Waals surface area contributed by atoms with Crippen LogP contribution >= 0.6 is 0 Å². The summed E-state index contributed by atoms with van der Waals surface area (Å²) in [7, 11) is 0. The molecule has 0 aromatic heterocycles. The van der Waals surface area contributed by atoms with Gasteiger partial charge in [-0.15, -0.1) is 0 Å². The van der Waals surface area contributed by atoms with Gasteiger partial charge in [-0.2, -0.15) is 0 Å². The predicted molar refractivity (Wildman–Crippen MR) is 80.5 cm³/mol. The Bertz CT molecular complexity index is 296. The van der Waals surface area contributed by atoms with Crippen LogP contribution in [0.1, 0.15) is 60.3 Å². The van der Waals surface area contributed by atoms with Crippen molar-refractivity contribution in [3.8, 4) is 0 Å². The standard InChI is InChI=1S/C16H32N2O/c1-15(2,3)17-11-13-7-6-10-18(13)12-14-8-9-16(4,5)19-14/h13-14,17H,6-12H2,1-5H3. The van der Waals surface area contributed by atoms with E-state index < -0.39 is 0 Å². The predicted octanol–water partition coefficient (Wildman–Crippen LogP) is 2.80. The highest BCUT2D eigenvalue weighted by Gasteiger charge is 2.35. The number of likely N-dealkylation sites (tertiary alicyclic amines) is 1. The molecule has 0 bridgehead atoms. The highest BCUT2D eigenvalue weighted by Crippen LogP contribution is 2.31. The van der Waals surface area contributed by atoms with Crippen LogP contribution in [0.4, 0.5) is 0 Å². The van der Waals surface area contributed by atoms with Gasteiger partial charge in [0.15, 0.2) is 0 Å². The van der Waals surface area contributed by atoms with Crippen molar-refractivity contribution in [2.24, 2.45) is 0 Å². The van der Waals surface area contributed by atoms with Crippen LogP contribution < -0.4 is 5.32 Å². The van der Waals surface area contributed by atoms with E-state index in [0.717, 1.165) is 13.1 Å². The lowest BCUT2D eigenvalue weighted by atomic mass is 10.1. The second-order valence-electron chi connectivity index (χ2n) is 7.96. The molecule has 0 spiro atoms. The van der Waals surface area contributed by atoms with Gasteiger partial charge in [0, 0.05) is 24.7 Å². The second-order valence-corrected chi connectivity index (χ2v) is 7.96. The largest absolute Gasteiger partial charge is 0.371 e. The first kappa shape index (κ1) is 15.3. The Kier molecular flexibility index (Phi) is 4.59. The zero-order chi connectivity index (χ0) is 14.1. The van der Waals surface area contributed by atoms with Gasteiger partial charge in [0.2, 0.25) is 0 Å². The van der Waals surface area contributed by atoms with E-state index >= 15 is 0 Å². The highest BCUT2D eigenvalue weighted by atomic mass is 16.5. The molecule has 2 saturated heterocycles. The SMILES string of the molecule is CC(C)(C)NCC1CCCN1CC1CCC(C)(C)O1. The first-order valence-corrected chi connectivity index (χ1v) is 7.92. The van der Waals surface area contributed by atoms with E-state index in [1.165, 1.54) is 32.2 Å². The second kappa shape index (κ2) is 5.71. The van der Waals surface area contributed by atoms with Crippen LogP contribution in [0.25, 0.3) is 0 Å². The van der Waals surface area contributed by atoms with Crippen LogP contribution in [-0.4, -0.2) is 47.8 Å². The molecule has 2 fully saturated rings. The summed E-state index contributed by atoms with van der Waals surface area (Å²) in [6, 6.07) is 0.700. The highest BCUT2D eigenvalue weighted by molar-refractivity contribution is 4.88. The average Bonchev–Trinajstić information content (AvgIpc) is 2.82. The summed E-state index contributed by atoms with van der Waals surface area (Å²) in [6.45, 7) is 14.7. The number of rotatable bonds is 4. The number of nitrogens with one attached hydrogen (secondary N) is 1. The van der Waals surface area contributed by atoms with Gasteiger partial charge in [-0.1, -0.05) is 0 Å². The van der Waals surface area contributed by atoms with Gasteiger partial charge in [-0.3, -0.25) is 4.90 Å². The molecule has 2 aliphatic rings. The molecular weight excluding hydrogens is 236 g/mol. The smallest absolute Gasteiger partial charge is 0.0710 e. The Labute approximate surface area is 119 Å². The van der Waals surface area contributed by atoms with Crippen molar-refractivity contribution in [2.45, 2.75) is 83.6 Å². The molecule has 3 heteroatoms. The van der Waals surface area contributed by atoms with Crippen LogP contribution in [0.3, 0.4) is 0 Å². The van der Waals surface area contributed by atoms with E-state index in [9.17, 15) is 0 Å². The van der Waals surface area contributed by atoms with Crippen molar-refractivity contribution < 1.29 is 4.74 Å². The molecule has 2 rings (SSSR count). The topological polar surface area (TPSA) is 24.5 Å². The summed E-state index contributed by atoms with van der Waals surface area (Å²) < 4.78 is 6.14. The lowest BCUT2D eigenvalue weighted by molar-refractivity contribution is -0.0301. The Balaban J connectivity index is 1.79. The Morgan fingerprint density at radius 3 is 2.58 bits per heavy atom. The maximum absolute atomic E-state index is 6.14. The Morgan fingerprint density at radius 1 is 1.26 bits per heavy atom. The first-order valence-electron chi connectivity index (χ1n) is 7.92. The van der Waals surface area contributed by atoms with Crippen molar-refractivity contribution >= 4 is 0 Å². The molecule has 2 atom stereocenters. The minimum Gasteiger partial charge on any atom is -0.371 e. The molecule has 2 unspecified atom stereocenters. The van der Waals surface area contributed by atoms with Crippen molar-refractivity contribution in [3.05, 3.63) is 0 Å². The Hall–Kier alpha value is -0.120. The molecule has 0 radical (unpaired) electrons. The van der Waals surface area contributed by atoms with Gasteiger partial charge in [0.1, 0.15) is 0 Å². The number of ether oxygens (including phenoxy) is 1. The molecule has 112 valence electrons. The summed E-state index contributed by atoms with van der Waals surface area (Å²) in [5.74, 6) is 0. The van der Waals surface area contributed by atoms with Crippen molar-refractivity contribution in [1.29, 1.82) is 0 Å².